The third kappa shape index (κ3) is 3.29. The molecule has 1 aromatic rings. The molecule has 2 atom stereocenters. The Bertz CT molecular complexity index is 594. The van der Waals surface area contributed by atoms with Crippen LogP contribution in [-0.4, -0.2) is 36.4 Å². The van der Waals surface area contributed by atoms with E-state index >= 15 is 0 Å². The van der Waals surface area contributed by atoms with Gasteiger partial charge in [0, 0.05) is 6.61 Å². The molecule has 0 radical (unpaired) electrons. The summed E-state index contributed by atoms with van der Waals surface area (Å²) >= 11 is 1.38. The molecular weight excluding hydrogens is 286 g/mol. The largest absolute Gasteiger partial charge is 0.384 e. The molecule has 21 heavy (non-hydrogen) atoms. The van der Waals surface area contributed by atoms with E-state index in [1.54, 1.807) is 0 Å². The molecule has 4 nitrogen and oxygen atoms in total. The van der Waals surface area contributed by atoms with Crippen LogP contribution in [0.2, 0.25) is 0 Å². The number of carbonyl (C=O) groups excluding carboxylic acids is 1. The van der Waals surface area contributed by atoms with Crippen LogP contribution in [0.1, 0.15) is 39.4 Å². The molecule has 1 aliphatic carbocycles. The zero-order valence-electron chi connectivity index (χ0n) is 12.0. The van der Waals surface area contributed by atoms with Crippen molar-refractivity contribution >= 4 is 17.2 Å². The van der Waals surface area contributed by atoms with Crippen molar-refractivity contribution in [2.24, 2.45) is 5.92 Å². The van der Waals surface area contributed by atoms with E-state index in [1.165, 1.54) is 24.2 Å². The second kappa shape index (κ2) is 6.18. The number of hydrogen-bond acceptors (Lipinski definition) is 4. The van der Waals surface area contributed by atoms with Gasteiger partial charge in [-0.25, -0.2) is 0 Å². The molecule has 1 aromatic heterocycles. The minimum Gasteiger partial charge on any atom is -0.384 e. The van der Waals surface area contributed by atoms with Gasteiger partial charge < -0.3 is 15.2 Å². The second-order valence-corrected chi connectivity index (χ2v) is 6.68. The smallest absolute Gasteiger partial charge is 0.261 e. The lowest BCUT2D eigenvalue weighted by molar-refractivity contribution is 0.0731. The average molecular weight is 305 g/mol. The number of hydrogen-bond donors (Lipinski definition) is 2. The Hall–Kier alpha value is -1.35. The minimum absolute atomic E-state index is 0.0405. The number of aliphatic hydroxyl groups excluding tert-OH is 1. The standard InChI is InChI=1S/C16H19NO3S/c1-10-9-14(21-13(10)3-2-7-18)16(19)17-12-6-8-20-15(12)11-4-5-11/h9,11-12,15,18H,4-8H2,1H3,(H,17,19). The van der Waals surface area contributed by atoms with Crippen LogP contribution in [0.4, 0.5) is 0 Å². The fourth-order valence-corrected chi connectivity index (χ4v) is 3.68. The van der Waals surface area contributed by atoms with Crippen molar-refractivity contribution < 1.29 is 14.6 Å². The van der Waals surface area contributed by atoms with Gasteiger partial charge in [0.1, 0.15) is 6.61 Å². The summed E-state index contributed by atoms with van der Waals surface area (Å²) in [7, 11) is 0. The van der Waals surface area contributed by atoms with Gasteiger partial charge in [-0.1, -0.05) is 11.8 Å². The molecule has 2 aliphatic rings. The molecule has 1 aliphatic heterocycles. The average Bonchev–Trinajstić information content (AvgIpc) is 3.10. The van der Waals surface area contributed by atoms with Crippen LogP contribution in [-0.2, 0) is 4.74 Å². The summed E-state index contributed by atoms with van der Waals surface area (Å²) in [5, 5.41) is 11.9. The lowest BCUT2D eigenvalue weighted by Crippen LogP contribution is -2.41. The first kappa shape index (κ1) is 14.6. The highest BCUT2D eigenvalue weighted by Crippen LogP contribution is 2.38. The third-order valence-corrected chi connectivity index (χ3v) is 5.11. The summed E-state index contributed by atoms with van der Waals surface area (Å²) < 4.78 is 5.75. The van der Waals surface area contributed by atoms with E-state index in [4.69, 9.17) is 9.84 Å². The van der Waals surface area contributed by atoms with Crippen molar-refractivity contribution in [3.63, 3.8) is 0 Å². The number of aliphatic hydroxyl groups is 1. The predicted octanol–water partition coefficient (Wildman–Crippen LogP) is 1.70. The predicted molar refractivity (Wildman–Crippen MR) is 81.4 cm³/mol. The summed E-state index contributed by atoms with van der Waals surface area (Å²) in [6, 6.07) is 2.00. The maximum absolute atomic E-state index is 12.4. The van der Waals surface area contributed by atoms with E-state index in [0.717, 1.165) is 23.5 Å². The molecule has 2 unspecified atom stereocenters. The molecule has 1 amide bonds. The monoisotopic (exact) mass is 305 g/mol. The van der Waals surface area contributed by atoms with Crippen LogP contribution in [0.25, 0.3) is 0 Å². The Morgan fingerprint density at radius 1 is 1.52 bits per heavy atom. The van der Waals surface area contributed by atoms with E-state index in [1.807, 2.05) is 13.0 Å². The number of aryl methyl sites for hydroxylation is 1. The fraction of sp³-hybridized carbons (Fsp3) is 0.562. The first-order valence-electron chi connectivity index (χ1n) is 7.31. The third-order valence-electron chi connectivity index (χ3n) is 3.96. The maximum Gasteiger partial charge on any atom is 0.261 e. The summed E-state index contributed by atoms with van der Waals surface area (Å²) in [5.74, 6) is 6.10. The van der Waals surface area contributed by atoms with Gasteiger partial charge in [-0.05, 0) is 43.7 Å². The van der Waals surface area contributed by atoms with E-state index in [2.05, 4.69) is 17.2 Å². The Kier molecular flexibility index (Phi) is 4.29. The van der Waals surface area contributed by atoms with Crippen molar-refractivity contribution in [3.05, 3.63) is 21.4 Å². The Morgan fingerprint density at radius 2 is 2.33 bits per heavy atom. The summed E-state index contributed by atoms with van der Waals surface area (Å²) in [6.45, 7) is 2.50. The van der Waals surface area contributed by atoms with Crippen LogP contribution in [0.3, 0.4) is 0 Å². The number of amides is 1. The highest BCUT2D eigenvalue weighted by Gasteiger charge is 2.41. The highest BCUT2D eigenvalue weighted by atomic mass is 32.1. The number of thiophene rings is 1. The molecule has 0 bridgehead atoms. The first-order valence-corrected chi connectivity index (χ1v) is 8.13. The molecule has 1 saturated carbocycles. The maximum atomic E-state index is 12.4. The number of rotatable bonds is 3. The number of carbonyl (C=O) groups is 1. The van der Waals surface area contributed by atoms with E-state index in [-0.39, 0.29) is 24.7 Å². The topological polar surface area (TPSA) is 58.6 Å². The lowest BCUT2D eigenvalue weighted by atomic mass is 10.1. The summed E-state index contributed by atoms with van der Waals surface area (Å²) in [6.07, 6.45) is 3.53. The summed E-state index contributed by atoms with van der Waals surface area (Å²) in [5.41, 5.74) is 0.979. The number of ether oxygens (including phenoxy) is 1. The normalized spacial score (nSPS) is 24.5. The molecule has 2 fully saturated rings. The van der Waals surface area contributed by atoms with Crippen LogP contribution < -0.4 is 5.32 Å². The van der Waals surface area contributed by atoms with Crippen LogP contribution in [0, 0.1) is 24.7 Å². The van der Waals surface area contributed by atoms with Gasteiger partial charge in [0.05, 0.1) is 21.9 Å². The van der Waals surface area contributed by atoms with Crippen molar-refractivity contribution in [3.8, 4) is 11.8 Å². The van der Waals surface area contributed by atoms with Gasteiger partial charge in [-0.2, -0.15) is 0 Å². The Balaban J connectivity index is 1.67. The van der Waals surface area contributed by atoms with Gasteiger partial charge >= 0.3 is 0 Å². The first-order chi connectivity index (χ1) is 10.2. The van der Waals surface area contributed by atoms with E-state index < -0.39 is 0 Å². The summed E-state index contributed by atoms with van der Waals surface area (Å²) in [4.78, 5) is 13.9. The highest BCUT2D eigenvalue weighted by molar-refractivity contribution is 7.14. The van der Waals surface area contributed by atoms with Crippen LogP contribution in [0.5, 0.6) is 0 Å². The zero-order valence-corrected chi connectivity index (χ0v) is 12.8. The van der Waals surface area contributed by atoms with Gasteiger partial charge in [-0.15, -0.1) is 11.3 Å². The molecule has 112 valence electrons. The van der Waals surface area contributed by atoms with E-state index in [9.17, 15) is 4.79 Å². The molecule has 0 spiro atoms. The van der Waals surface area contributed by atoms with Gasteiger partial charge in [0.2, 0.25) is 0 Å². The van der Waals surface area contributed by atoms with Crippen LogP contribution >= 0.6 is 11.3 Å². The van der Waals surface area contributed by atoms with Crippen molar-refractivity contribution in [2.45, 2.75) is 38.3 Å². The molecule has 3 rings (SSSR count). The van der Waals surface area contributed by atoms with E-state index in [0.29, 0.717) is 10.8 Å². The second-order valence-electron chi connectivity index (χ2n) is 5.62. The Labute approximate surface area is 128 Å². The SMILES string of the molecule is Cc1cc(C(=O)NC2CCOC2C2CC2)sc1C#CCO. The quantitative estimate of drug-likeness (QED) is 0.836. The zero-order chi connectivity index (χ0) is 14.8. The van der Waals surface area contributed by atoms with Crippen molar-refractivity contribution in [1.29, 1.82) is 0 Å². The van der Waals surface area contributed by atoms with Crippen molar-refractivity contribution in [1.82, 2.24) is 5.32 Å². The molecule has 5 heteroatoms. The van der Waals surface area contributed by atoms with Gasteiger partial charge in [0.15, 0.2) is 0 Å². The molecule has 2 N–H and O–H groups in total. The fourth-order valence-electron chi connectivity index (χ4n) is 2.73. The molecule has 2 heterocycles. The van der Waals surface area contributed by atoms with Gasteiger partial charge in [0.25, 0.3) is 5.91 Å². The van der Waals surface area contributed by atoms with Crippen LogP contribution in [0.15, 0.2) is 6.07 Å². The molecule has 0 aromatic carbocycles. The molecule has 1 saturated heterocycles. The number of nitrogens with one attached hydrogen (secondary N) is 1. The molecular formula is C16H19NO3S. The Morgan fingerprint density at radius 3 is 3.05 bits per heavy atom. The van der Waals surface area contributed by atoms with Crippen molar-refractivity contribution in [2.75, 3.05) is 13.2 Å². The minimum atomic E-state index is -0.165. The van der Waals surface area contributed by atoms with Gasteiger partial charge in [-0.3, -0.25) is 4.79 Å². The lowest BCUT2D eigenvalue weighted by Gasteiger charge is -2.18.